The van der Waals surface area contributed by atoms with Crippen LogP contribution in [0.2, 0.25) is 5.02 Å². The Bertz CT molecular complexity index is 534. The van der Waals surface area contributed by atoms with Crippen molar-refractivity contribution in [2.75, 3.05) is 0 Å². The third kappa shape index (κ3) is 3.12. The number of hydrogen-bond donors (Lipinski definition) is 1. The number of benzene rings is 1. The molecule has 1 N–H and O–H groups in total. The second kappa shape index (κ2) is 5.71. The topological polar surface area (TPSA) is 59.7 Å². The van der Waals surface area contributed by atoms with Gasteiger partial charge in [0.15, 0.2) is 0 Å². The number of aromatic carboxylic acids is 1. The Hall–Kier alpha value is -1.78. The first kappa shape index (κ1) is 12.7. The van der Waals surface area contributed by atoms with Crippen LogP contribution >= 0.6 is 11.6 Å². The number of halogens is 1. The van der Waals surface area contributed by atoms with Crippen molar-refractivity contribution in [3.63, 3.8) is 0 Å². The highest BCUT2D eigenvalue weighted by Crippen LogP contribution is 2.19. The number of ether oxygens (including phenoxy) is 1. The summed E-state index contributed by atoms with van der Waals surface area (Å²) in [7, 11) is 0. The number of furan rings is 1. The van der Waals surface area contributed by atoms with Gasteiger partial charge in [-0.1, -0.05) is 17.7 Å². The maximum atomic E-state index is 10.7. The molecule has 0 fully saturated rings. The minimum absolute atomic E-state index is 0.162. The Labute approximate surface area is 109 Å². The van der Waals surface area contributed by atoms with Gasteiger partial charge in [0.05, 0.1) is 18.4 Å². The van der Waals surface area contributed by atoms with E-state index in [1.165, 1.54) is 12.1 Å². The maximum absolute atomic E-state index is 10.7. The van der Waals surface area contributed by atoms with Crippen LogP contribution in [0, 0.1) is 0 Å². The van der Waals surface area contributed by atoms with Gasteiger partial charge >= 0.3 is 5.97 Å². The summed E-state index contributed by atoms with van der Waals surface area (Å²) in [6.45, 7) is 0.656. The van der Waals surface area contributed by atoms with Crippen molar-refractivity contribution in [3.8, 4) is 0 Å². The van der Waals surface area contributed by atoms with E-state index in [2.05, 4.69) is 0 Å². The normalized spacial score (nSPS) is 10.5. The van der Waals surface area contributed by atoms with Gasteiger partial charge in [-0.3, -0.25) is 0 Å². The molecule has 0 aliphatic rings. The molecule has 0 aliphatic heterocycles. The molecular formula is C13H11ClO4. The summed E-state index contributed by atoms with van der Waals surface area (Å²) in [6.07, 6.45) is 1.58. The lowest BCUT2D eigenvalue weighted by Crippen LogP contribution is -1.99. The van der Waals surface area contributed by atoms with Crippen LogP contribution in [-0.2, 0) is 18.0 Å². The molecule has 0 saturated heterocycles. The monoisotopic (exact) mass is 266 g/mol. The lowest BCUT2D eigenvalue weighted by atomic mass is 10.1. The SMILES string of the molecule is O=C(O)c1ccc(COCc2ccco2)c(Cl)c1. The largest absolute Gasteiger partial charge is 0.478 e. The van der Waals surface area contributed by atoms with Crippen LogP contribution in [0.1, 0.15) is 21.7 Å². The van der Waals surface area contributed by atoms with Gasteiger partial charge in [0.2, 0.25) is 0 Å². The van der Waals surface area contributed by atoms with E-state index < -0.39 is 5.97 Å². The zero-order valence-corrected chi connectivity index (χ0v) is 10.2. The first-order valence-electron chi connectivity index (χ1n) is 5.28. The van der Waals surface area contributed by atoms with Crippen LogP contribution in [0.4, 0.5) is 0 Å². The smallest absolute Gasteiger partial charge is 0.335 e. The lowest BCUT2D eigenvalue weighted by molar-refractivity contribution is 0.0696. The molecule has 5 heteroatoms. The molecular weight excluding hydrogens is 256 g/mol. The molecule has 0 saturated carbocycles. The van der Waals surface area contributed by atoms with Crippen LogP contribution in [0.25, 0.3) is 0 Å². The van der Waals surface area contributed by atoms with Crippen LogP contribution in [-0.4, -0.2) is 11.1 Å². The highest BCUT2D eigenvalue weighted by molar-refractivity contribution is 6.31. The molecule has 0 atom stereocenters. The predicted molar refractivity (Wildman–Crippen MR) is 65.6 cm³/mol. The maximum Gasteiger partial charge on any atom is 0.335 e. The van der Waals surface area contributed by atoms with E-state index in [9.17, 15) is 4.79 Å². The number of carboxylic acid groups (broad SMARTS) is 1. The van der Waals surface area contributed by atoms with E-state index in [4.69, 9.17) is 25.9 Å². The standard InChI is InChI=1S/C13H11ClO4/c14-12-6-9(13(15)16)3-4-10(12)7-17-8-11-2-1-5-18-11/h1-6H,7-8H2,(H,15,16). The third-order valence-electron chi connectivity index (χ3n) is 2.38. The fourth-order valence-electron chi connectivity index (χ4n) is 1.45. The van der Waals surface area contributed by atoms with E-state index in [1.807, 2.05) is 6.07 Å². The van der Waals surface area contributed by atoms with Gasteiger partial charge in [-0.25, -0.2) is 4.79 Å². The molecule has 2 aromatic rings. The molecule has 0 amide bonds. The minimum atomic E-state index is -1.00. The van der Waals surface area contributed by atoms with E-state index in [0.717, 1.165) is 11.3 Å². The number of carboxylic acids is 1. The summed E-state index contributed by atoms with van der Waals surface area (Å²) in [5.74, 6) is -0.270. The van der Waals surface area contributed by atoms with Gasteiger partial charge in [-0.2, -0.15) is 0 Å². The van der Waals surface area contributed by atoms with Crippen LogP contribution in [0.3, 0.4) is 0 Å². The Kier molecular flexibility index (Phi) is 4.02. The quantitative estimate of drug-likeness (QED) is 0.902. The molecule has 1 aromatic carbocycles. The highest BCUT2D eigenvalue weighted by Gasteiger charge is 2.07. The first-order valence-corrected chi connectivity index (χ1v) is 5.66. The molecule has 1 heterocycles. The van der Waals surface area contributed by atoms with Crippen molar-refractivity contribution in [2.45, 2.75) is 13.2 Å². The molecule has 2 rings (SSSR count). The molecule has 4 nitrogen and oxygen atoms in total. The molecule has 0 bridgehead atoms. The minimum Gasteiger partial charge on any atom is -0.478 e. The average molecular weight is 267 g/mol. The molecule has 0 spiro atoms. The molecule has 18 heavy (non-hydrogen) atoms. The summed E-state index contributed by atoms with van der Waals surface area (Å²) < 4.78 is 10.5. The van der Waals surface area contributed by atoms with Gasteiger partial charge in [-0.05, 0) is 29.8 Å². The van der Waals surface area contributed by atoms with Gasteiger partial charge in [0, 0.05) is 5.02 Å². The second-order valence-electron chi connectivity index (χ2n) is 3.68. The van der Waals surface area contributed by atoms with Crippen molar-refractivity contribution >= 4 is 17.6 Å². The van der Waals surface area contributed by atoms with Crippen LogP contribution < -0.4 is 0 Å². The Balaban J connectivity index is 1.95. The first-order chi connectivity index (χ1) is 8.66. The Morgan fingerprint density at radius 1 is 1.33 bits per heavy atom. The van der Waals surface area contributed by atoms with E-state index in [-0.39, 0.29) is 5.56 Å². The van der Waals surface area contributed by atoms with Gasteiger partial charge in [-0.15, -0.1) is 0 Å². The number of hydrogen-bond acceptors (Lipinski definition) is 3. The number of carbonyl (C=O) groups is 1. The zero-order valence-electron chi connectivity index (χ0n) is 9.43. The predicted octanol–water partition coefficient (Wildman–Crippen LogP) is 3.35. The zero-order chi connectivity index (χ0) is 13.0. The second-order valence-corrected chi connectivity index (χ2v) is 4.09. The van der Waals surface area contributed by atoms with Gasteiger partial charge in [0.25, 0.3) is 0 Å². The van der Waals surface area contributed by atoms with Crippen molar-refractivity contribution in [1.82, 2.24) is 0 Å². The molecule has 1 aromatic heterocycles. The van der Waals surface area contributed by atoms with E-state index in [0.29, 0.717) is 18.2 Å². The molecule has 0 unspecified atom stereocenters. The van der Waals surface area contributed by atoms with Crippen molar-refractivity contribution in [2.24, 2.45) is 0 Å². The van der Waals surface area contributed by atoms with Gasteiger partial charge in [0.1, 0.15) is 12.4 Å². The van der Waals surface area contributed by atoms with Crippen molar-refractivity contribution < 1.29 is 19.1 Å². The van der Waals surface area contributed by atoms with E-state index >= 15 is 0 Å². The van der Waals surface area contributed by atoms with Crippen molar-refractivity contribution in [1.29, 1.82) is 0 Å². The summed E-state index contributed by atoms with van der Waals surface area (Å²) >= 11 is 5.97. The fraction of sp³-hybridized carbons (Fsp3) is 0.154. The van der Waals surface area contributed by atoms with Crippen LogP contribution in [0.15, 0.2) is 41.0 Å². The summed E-state index contributed by atoms with van der Waals surface area (Å²) in [5, 5.41) is 9.18. The summed E-state index contributed by atoms with van der Waals surface area (Å²) in [6, 6.07) is 8.16. The average Bonchev–Trinajstić information content (AvgIpc) is 2.84. The highest BCUT2D eigenvalue weighted by atomic mass is 35.5. The van der Waals surface area contributed by atoms with Crippen LogP contribution in [0.5, 0.6) is 0 Å². The van der Waals surface area contributed by atoms with Crippen molar-refractivity contribution in [3.05, 3.63) is 58.5 Å². The molecule has 94 valence electrons. The third-order valence-corrected chi connectivity index (χ3v) is 2.73. The molecule has 0 aliphatic carbocycles. The summed E-state index contributed by atoms with van der Waals surface area (Å²) in [4.78, 5) is 10.7. The Morgan fingerprint density at radius 2 is 2.17 bits per heavy atom. The lowest BCUT2D eigenvalue weighted by Gasteiger charge is -2.05. The van der Waals surface area contributed by atoms with E-state index in [1.54, 1.807) is 18.4 Å². The Morgan fingerprint density at radius 3 is 2.78 bits per heavy atom. The summed E-state index contributed by atoms with van der Waals surface area (Å²) in [5.41, 5.74) is 0.906. The molecule has 0 radical (unpaired) electrons. The number of rotatable bonds is 5. The fourth-order valence-corrected chi connectivity index (χ4v) is 1.69. The van der Waals surface area contributed by atoms with Gasteiger partial charge < -0.3 is 14.3 Å².